The van der Waals surface area contributed by atoms with Gasteiger partial charge in [0, 0.05) is 23.7 Å². The number of rotatable bonds is 4. The highest BCUT2D eigenvalue weighted by atomic mass is 35.5. The molecule has 0 bridgehead atoms. The van der Waals surface area contributed by atoms with E-state index in [1.165, 1.54) is 24.1 Å². The molecule has 2 aromatic carbocycles. The summed E-state index contributed by atoms with van der Waals surface area (Å²) in [5, 5.41) is 11.5. The van der Waals surface area contributed by atoms with E-state index < -0.39 is 12.0 Å². The lowest BCUT2D eigenvalue weighted by Crippen LogP contribution is -2.31. The quantitative estimate of drug-likeness (QED) is 0.311. The molecule has 0 radical (unpaired) electrons. The van der Waals surface area contributed by atoms with Gasteiger partial charge in [0.25, 0.3) is 0 Å². The summed E-state index contributed by atoms with van der Waals surface area (Å²) in [7, 11) is 2.85. The van der Waals surface area contributed by atoms with E-state index in [2.05, 4.69) is 41.3 Å². The number of nitrogens with zero attached hydrogens (tertiary/aromatic N) is 4. The number of aromatic nitrogens is 4. The summed E-state index contributed by atoms with van der Waals surface area (Å²) in [6.07, 6.45) is 0. The van der Waals surface area contributed by atoms with Crippen molar-refractivity contribution < 1.29 is 14.3 Å². The zero-order valence-electron chi connectivity index (χ0n) is 20.7. The lowest BCUT2D eigenvalue weighted by atomic mass is 9.92. The second kappa shape index (κ2) is 9.48. The Morgan fingerprint density at radius 2 is 1.86 bits per heavy atom. The molecule has 0 atom stereocenters. The predicted molar refractivity (Wildman–Crippen MR) is 141 cm³/mol. The van der Waals surface area contributed by atoms with Crippen LogP contribution in [0.4, 0.5) is 16.2 Å². The van der Waals surface area contributed by atoms with Gasteiger partial charge in [-0.05, 0) is 48.9 Å². The number of hydrogen-bond donors (Lipinski definition) is 2. The van der Waals surface area contributed by atoms with E-state index >= 15 is 0 Å². The van der Waals surface area contributed by atoms with Crippen molar-refractivity contribution in [3.63, 3.8) is 0 Å². The number of nitrogens with one attached hydrogen (secondary N) is 2. The van der Waals surface area contributed by atoms with Crippen LogP contribution in [0.2, 0.25) is 10.0 Å². The molecule has 0 aliphatic heterocycles. The fourth-order valence-electron chi connectivity index (χ4n) is 3.73. The van der Waals surface area contributed by atoms with Crippen LogP contribution in [0.15, 0.2) is 36.4 Å². The number of anilines is 2. The van der Waals surface area contributed by atoms with E-state index in [4.69, 9.17) is 27.9 Å². The second-order valence-corrected chi connectivity index (χ2v) is 10.2. The molecule has 0 aliphatic rings. The van der Waals surface area contributed by atoms with Gasteiger partial charge in [0.05, 0.1) is 29.1 Å². The number of fused-ring (bicyclic) bond motifs is 1. The van der Waals surface area contributed by atoms with Crippen LogP contribution in [0.25, 0.3) is 17.0 Å². The number of esters is 1. The zero-order valence-corrected chi connectivity index (χ0v) is 22.2. The highest BCUT2D eigenvalue weighted by Crippen LogP contribution is 2.33. The van der Waals surface area contributed by atoms with E-state index in [1.807, 2.05) is 19.1 Å². The maximum atomic E-state index is 12.9. The van der Waals surface area contributed by atoms with Gasteiger partial charge in [0.1, 0.15) is 5.02 Å². The first kappa shape index (κ1) is 25.5. The molecule has 2 heterocycles. The van der Waals surface area contributed by atoms with Crippen LogP contribution < -0.4 is 10.2 Å². The second-order valence-electron chi connectivity index (χ2n) is 9.40. The average molecular weight is 529 g/mol. The number of carbonyl (C=O) groups is 2. The molecule has 2 N–H and O–H groups in total. The lowest BCUT2D eigenvalue weighted by molar-refractivity contribution is 0.0600. The Morgan fingerprint density at radius 1 is 1.14 bits per heavy atom. The molecule has 4 aromatic rings. The summed E-state index contributed by atoms with van der Waals surface area (Å²) in [5.41, 5.74) is 4.15. The van der Waals surface area contributed by atoms with Gasteiger partial charge in [-0.2, -0.15) is 4.63 Å². The molecule has 9 nitrogen and oxygen atoms in total. The van der Waals surface area contributed by atoms with Gasteiger partial charge in [-0.3, -0.25) is 10.00 Å². The number of aromatic amines is 1. The van der Waals surface area contributed by atoms with Crippen LogP contribution >= 0.6 is 23.2 Å². The normalized spacial score (nSPS) is 11.6. The highest BCUT2D eigenvalue weighted by Gasteiger charge is 2.25. The monoisotopic (exact) mass is 528 g/mol. The third-order valence-corrected chi connectivity index (χ3v) is 6.42. The molecule has 2 amide bonds. The van der Waals surface area contributed by atoms with E-state index in [9.17, 15) is 9.59 Å². The highest BCUT2D eigenvalue weighted by molar-refractivity contribution is 6.34. The van der Waals surface area contributed by atoms with Crippen molar-refractivity contribution in [2.75, 3.05) is 24.4 Å². The van der Waals surface area contributed by atoms with Crippen molar-refractivity contribution in [1.29, 1.82) is 0 Å². The van der Waals surface area contributed by atoms with Crippen molar-refractivity contribution in [3.05, 3.63) is 63.3 Å². The molecule has 2 aromatic heterocycles. The lowest BCUT2D eigenvalue weighted by Gasteiger charge is -2.20. The number of aryl methyl sites for hydroxylation is 1. The number of ether oxygens (including phenoxy) is 1. The van der Waals surface area contributed by atoms with Crippen molar-refractivity contribution >= 4 is 52.2 Å². The minimum atomic E-state index is -0.520. The number of hydrogen-bond acceptors (Lipinski definition) is 5. The number of H-pyrrole nitrogens is 1. The molecule has 0 unspecified atom stereocenters. The SMILES string of the molecule is COC(=O)c1ccc(Cl)c(N(C)C(=O)Nc2ccc(-c3nc4c(Cl)c(C(C)(C)C)[nH]n4n3)c(C)c2)c1. The van der Waals surface area contributed by atoms with Gasteiger partial charge >= 0.3 is 12.0 Å². The Hall–Kier alpha value is -3.56. The molecule has 36 heavy (non-hydrogen) atoms. The fraction of sp³-hybridized carbons (Fsp3) is 0.280. The van der Waals surface area contributed by atoms with E-state index in [0.717, 1.165) is 16.8 Å². The third-order valence-electron chi connectivity index (χ3n) is 5.74. The predicted octanol–water partition coefficient (Wildman–Crippen LogP) is 6.09. The molecule has 11 heteroatoms. The van der Waals surface area contributed by atoms with Crippen LogP contribution in [0.1, 0.15) is 42.4 Å². The first-order valence-corrected chi connectivity index (χ1v) is 11.8. The van der Waals surface area contributed by atoms with E-state index in [1.54, 1.807) is 23.8 Å². The number of halogens is 2. The number of urea groups is 1. The van der Waals surface area contributed by atoms with E-state index in [-0.39, 0.29) is 11.0 Å². The molecule has 0 saturated carbocycles. The molecule has 188 valence electrons. The van der Waals surface area contributed by atoms with Crippen molar-refractivity contribution in [2.24, 2.45) is 0 Å². The Bertz CT molecular complexity index is 1490. The minimum Gasteiger partial charge on any atom is -0.465 e. The molecule has 4 rings (SSSR count). The number of benzene rings is 2. The maximum Gasteiger partial charge on any atom is 0.337 e. The molecule has 0 fully saturated rings. The first-order chi connectivity index (χ1) is 16.9. The molecule has 0 aliphatic carbocycles. The fourth-order valence-corrected chi connectivity index (χ4v) is 4.43. The number of methoxy groups -OCH3 is 1. The van der Waals surface area contributed by atoms with Crippen LogP contribution in [-0.2, 0) is 10.2 Å². The first-order valence-electron chi connectivity index (χ1n) is 11.1. The van der Waals surface area contributed by atoms with Crippen LogP contribution in [0.3, 0.4) is 0 Å². The maximum absolute atomic E-state index is 12.9. The van der Waals surface area contributed by atoms with Crippen molar-refractivity contribution in [3.8, 4) is 11.4 Å². The molecule has 0 saturated heterocycles. The van der Waals surface area contributed by atoms with Gasteiger partial charge in [0.15, 0.2) is 11.5 Å². The van der Waals surface area contributed by atoms with Gasteiger partial charge < -0.3 is 10.1 Å². The molecule has 0 spiro atoms. The average Bonchev–Trinajstić information content (AvgIpc) is 3.37. The zero-order chi connectivity index (χ0) is 26.4. The molecular formula is C25H26Cl2N6O3. The Balaban J connectivity index is 1.55. The van der Waals surface area contributed by atoms with Gasteiger partial charge in [-0.25, -0.2) is 14.6 Å². The van der Waals surface area contributed by atoms with Crippen molar-refractivity contribution in [2.45, 2.75) is 33.1 Å². The van der Waals surface area contributed by atoms with Crippen LogP contribution in [0.5, 0.6) is 0 Å². The van der Waals surface area contributed by atoms with Crippen LogP contribution in [0, 0.1) is 6.92 Å². The van der Waals surface area contributed by atoms with Gasteiger partial charge in [0.2, 0.25) is 0 Å². The summed E-state index contributed by atoms with van der Waals surface area (Å²) in [5.74, 6) is -0.00377. The van der Waals surface area contributed by atoms with Crippen LogP contribution in [-0.4, -0.2) is 46.0 Å². The standard InChI is InChI=1S/C25H26Cl2N6O3/c1-13-11-15(28-24(35)32(5)18-12-14(23(34)36-6)7-10-17(18)26)8-9-16(13)21-29-22-19(27)20(25(2,3)4)30-33(22)31-21/h7-12,30H,1-6H3,(H,28,35). The molecular weight excluding hydrogens is 503 g/mol. The summed E-state index contributed by atoms with van der Waals surface area (Å²) in [6, 6.07) is 9.58. The Labute approximate surface area is 218 Å². The summed E-state index contributed by atoms with van der Waals surface area (Å²) < 4.78 is 6.32. The van der Waals surface area contributed by atoms with Gasteiger partial charge in [-0.15, -0.1) is 5.10 Å². The Morgan fingerprint density at radius 3 is 2.47 bits per heavy atom. The summed E-state index contributed by atoms with van der Waals surface area (Å²) in [4.78, 5) is 30.7. The topological polar surface area (TPSA) is 105 Å². The Kier molecular flexibility index (Phi) is 6.72. The third kappa shape index (κ3) is 4.76. The number of amides is 2. The smallest absolute Gasteiger partial charge is 0.337 e. The number of carbonyl (C=O) groups excluding carboxylic acids is 2. The van der Waals surface area contributed by atoms with E-state index in [0.29, 0.717) is 32.9 Å². The van der Waals surface area contributed by atoms with Gasteiger partial charge in [-0.1, -0.05) is 44.0 Å². The summed E-state index contributed by atoms with van der Waals surface area (Å²) in [6.45, 7) is 8.08. The largest absolute Gasteiger partial charge is 0.465 e. The van der Waals surface area contributed by atoms with Crippen molar-refractivity contribution in [1.82, 2.24) is 19.8 Å². The minimum absolute atomic E-state index is 0.173. The summed E-state index contributed by atoms with van der Waals surface area (Å²) >= 11 is 12.8.